The summed E-state index contributed by atoms with van der Waals surface area (Å²) in [7, 11) is -3.70. The summed E-state index contributed by atoms with van der Waals surface area (Å²) in [6.07, 6.45) is 5.77. The number of hydrogen-bond donors (Lipinski definition) is 0. The smallest absolute Gasteiger partial charge is 0.277 e. The van der Waals surface area contributed by atoms with Gasteiger partial charge in [0.1, 0.15) is 11.8 Å². The molecule has 1 saturated heterocycles. The van der Waals surface area contributed by atoms with Crippen LogP contribution in [0.2, 0.25) is 0 Å². The molecule has 2 aromatic heterocycles. The maximum Gasteiger partial charge on any atom is 0.277 e. The fourth-order valence-electron chi connectivity index (χ4n) is 3.31. The fourth-order valence-corrected chi connectivity index (χ4v) is 4.92. The van der Waals surface area contributed by atoms with Gasteiger partial charge in [0.15, 0.2) is 0 Å². The quantitative estimate of drug-likeness (QED) is 0.840. The van der Waals surface area contributed by atoms with E-state index in [9.17, 15) is 8.42 Å². The molecule has 1 unspecified atom stereocenters. The van der Waals surface area contributed by atoms with Crippen molar-refractivity contribution in [3.63, 3.8) is 0 Å². The van der Waals surface area contributed by atoms with Crippen LogP contribution in [0.1, 0.15) is 68.0 Å². The second-order valence-electron chi connectivity index (χ2n) is 6.60. The van der Waals surface area contributed by atoms with Crippen LogP contribution in [0.3, 0.4) is 0 Å². The van der Waals surface area contributed by atoms with Gasteiger partial charge in [-0.1, -0.05) is 12.8 Å². The highest BCUT2D eigenvalue weighted by molar-refractivity contribution is 7.89. The zero-order valence-corrected chi connectivity index (χ0v) is 14.5. The summed E-state index contributed by atoms with van der Waals surface area (Å²) >= 11 is 0. The van der Waals surface area contributed by atoms with E-state index in [-0.39, 0.29) is 5.09 Å². The highest BCUT2D eigenvalue weighted by Crippen LogP contribution is 2.39. The Morgan fingerprint density at radius 1 is 1.04 bits per heavy atom. The molecule has 0 amide bonds. The molecule has 1 saturated carbocycles. The Morgan fingerprint density at radius 3 is 2.50 bits per heavy atom. The van der Waals surface area contributed by atoms with Gasteiger partial charge in [-0.25, -0.2) is 8.42 Å². The standard InChI is InChI=1S/C16H21N3O4S/c1-11-8-9-14(22-11)24(20,21)19-10-3-2-7-13(19)16-18-17-15(23-16)12-5-4-6-12/h8-9,12-13H,2-7,10H2,1H3. The van der Waals surface area contributed by atoms with Crippen molar-refractivity contribution >= 4 is 10.0 Å². The molecule has 2 fully saturated rings. The first-order valence-corrected chi connectivity index (χ1v) is 9.91. The predicted molar refractivity (Wildman–Crippen MR) is 84.8 cm³/mol. The molecule has 0 spiro atoms. The average molecular weight is 351 g/mol. The van der Waals surface area contributed by atoms with Gasteiger partial charge < -0.3 is 8.83 Å². The Labute approximate surface area is 141 Å². The van der Waals surface area contributed by atoms with Gasteiger partial charge in [-0.15, -0.1) is 10.2 Å². The number of nitrogens with zero attached hydrogens (tertiary/aromatic N) is 3. The molecule has 0 aromatic carbocycles. The van der Waals surface area contributed by atoms with Gasteiger partial charge in [-0.3, -0.25) is 0 Å². The number of hydrogen-bond acceptors (Lipinski definition) is 6. The van der Waals surface area contributed by atoms with Crippen molar-refractivity contribution in [2.75, 3.05) is 6.54 Å². The van der Waals surface area contributed by atoms with Crippen LogP contribution < -0.4 is 0 Å². The monoisotopic (exact) mass is 351 g/mol. The molecule has 2 aliphatic rings. The summed E-state index contributed by atoms with van der Waals surface area (Å²) in [6.45, 7) is 2.17. The van der Waals surface area contributed by atoms with Gasteiger partial charge in [-0.05, 0) is 44.7 Å². The molecule has 4 rings (SSSR count). The maximum atomic E-state index is 12.9. The largest absolute Gasteiger partial charge is 0.449 e. The number of rotatable bonds is 4. The molecular formula is C16H21N3O4S. The van der Waals surface area contributed by atoms with Gasteiger partial charge in [0.2, 0.25) is 16.9 Å². The van der Waals surface area contributed by atoms with Gasteiger partial charge in [-0.2, -0.15) is 4.31 Å². The van der Waals surface area contributed by atoms with E-state index in [1.807, 2.05) is 0 Å². The van der Waals surface area contributed by atoms with Crippen molar-refractivity contribution in [2.45, 2.75) is 62.5 Å². The summed E-state index contributed by atoms with van der Waals surface area (Å²) in [5, 5.41) is 8.27. The van der Waals surface area contributed by atoms with Crippen LogP contribution in [0.15, 0.2) is 26.1 Å². The highest BCUT2D eigenvalue weighted by Gasteiger charge is 2.39. The lowest BCUT2D eigenvalue weighted by atomic mass is 9.85. The van der Waals surface area contributed by atoms with Crippen molar-refractivity contribution in [1.29, 1.82) is 0 Å². The topological polar surface area (TPSA) is 89.4 Å². The first-order chi connectivity index (χ1) is 11.6. The minimum Gasteiger partial charge on any atom is -0.449 e. The molecular weight excluding hydrogens is 330 g/mol. The van der Waals surface area contributed by atoms with E-state index in [0.29, 0.717) is 36.4 Å². The summed E-state index contributed by atoms with van der Waals surface area (Å²) in [4.78, 5) is 0. The third kappa shape index (κ3) is 2.67. The molecule has 1 atom stereocenters. The molecule has 8 heteroatoms. The lowest BCUT2D eigenvalue weighted by Crippen LogP contribution is -2.38. The molecule has 2 aromatic rings. The summed E-state index contributed by atoms with van der Waals surface area (Å²) in [5.41, 5.74) is 0. The van der Waals surface area contributed by atoms with Crippen LogP contribution in [0.25, 0.3) is 0 Å². The lowest BCUT2D eigenvalue weighted by molar-refractivity contribution is 0.206. The van der Waals surface area contributed by atoms with Gasteiger partial charge >= 0.3 is 0 Å². The molecule has 0 N–H and O–H groups in total. The van der Waals surface area contributed by atoms with E-state index in [4.69, 9.17) is 8.83 Å². The summed E-state index contributed by atoms with van der Waals surface area (Å²) in [6, 6.07) is 2.76. The first kappa shape index (κ1) is 15.8. The van der Waals surface area contributed by atoms with Crippen molar-refractivity contribution < 1.29 is 17.3 Å². The number of aromatic nitrogens is 2. The Kier molecular flexibility index (Phi) is 3.96. The van der Waals surface area contributed by atoms with Crippen molar-refractivity contribution in [2.24, 2.45) is 0 Å². The Hall–Kier alpha value is -1.67. The third-order valence-electron chi connectivity index (χ3n) is 4.93. The van der Waals surface area contributed by atoms with Crippen molar-refractivity contribution in [1.82, 2.24) is 14.5 Å². The molecule has 130 valence electrons. The SMILES string of the molecule is Cc1ccc(S(=O)(=O)N2CCCCC2c2nnc(C3CCC3)o2)o1. The van der Waals surface area contributed by atoms with E-state index < -0.39 is 16.1 Å². The number of piperidine rings is 1. The average Bonchev–Trinajstić information content (AvgIpc) is 3.15. The molecule has 0 bridgehead atoms. The summed E-state index contributed by atoms with van der Waals surface area (Å²) in [5.74, 6) is 1.97. The minimum absolute atomic E-state index is 0.0226. The second-order valence-corrected chi connectivity index (χ2v) is 8.42. The number of sulfonamides is 1. The van der Waals surface area contributed by atoms with Crippen LogP contribution in [0.4, 0.5) is 0 Å². The second kappa shape index (κ2) is 6.00. The number of furan rings is 1. The normalized spacial score (nSPS) is 23.3. The van der Waals surface area contributed by atoms with E-state index in [0.717, 1.165) is 25.7 Å². The molecule has 3 heterocycles. The van der Waals surface area contributed by atoms with Crippen LogP contribution in [-0.2, 0) is 10.0 Å². The van der Waals surface area contributed by atoms with E-state index >= 15 is 0 Å². The number of aryl methyl sites for hydroxylation is 1. The Bertz CT molecular complexity index is 822. The minimum atomic E-state index is -3.70. The van der Waals surface area contributed by atoms with Gasteiger partial charge in [0.05, 0.1) is 0 Å². The third-order valence-corrected chi connectivity index (χ3v) is 6.71. The van der Waals surface area contributed by atoms with E-state index in [1.165, 1.54) is 16.8 Å². The first-order valence-electron chi connectivity index (χ1n) is 8.47. The zero-order valence-electron chi connectivity index (χ0n) is 13.6. The predicted octanol–water partition coefficient (Wildman–Crippen LogP) is 3.15. The summed E-state index contributed by atoms with van der Waals surface area (Å²) < 4.78 is 38.5. The van der Waals surface area contributed by atoms with E-state index in [2.05, 4.69) is 10.2 Å². The maximum absolute atomic E-state index is 12.9. The zero-order chi connectivity index (χ0) is 16.7. The van der Waals surface area contributed by atoms with Crippen molar-refractivity contribution in [3.05, 3.63) is 29.7 Å². The van der Waals surface area contributed by atoms with E-state index in [1.54, 1.807) is 13.0 Å². The molecule has 1 aliphatic carbocycles. The highest BCUT2D eigenvalue weighted by atomic mass is 32.2. The van der Waals surface area contributed by atoms with Gasteiger partial charge in [0, 0.05) is 12.5 Å². The fraction of sp³-hybridized carbons (Fsp3) is 0.625. The Morgan fingerprint density at radius 2 is 1.83 bits per heavy atom. The van der Waals surface area contributed by atoms with Crippen LogP contribution >= 0.6 is 0 Å². The van der Waals surface area contributed by atoms with Crippen LogP contribution in [0, 0.1) is 6.92 Å². The molecule has 0 radical (unpaired) electrons. The molecule has 7 nitrogen and oxygen atoms in total. The van der Waals surface area contributed by atoms with Gasteiger partial charge in [0.25, 0.3) is 10.0 Å². The molecule has 24 heavy (non-hydrogen) atoms. The lowest BCUT2D eigenvalue weighted by Gasteiger charge is -2.31. The molecule has 1 aliphatic heterocycles. The van der Waals surface area contributed by atoms with Crippen LogP contribution in [-0.4, -0.2) is 29.5 Å². The Balaban J connectivity index is 1.64. The van der Waals surface area contributed by atoms with Crippen LogP contribution in [0.5, 0.6) is 0 Å². The van der Waals surface area contributed by atoms with Crippen molar-refractivity contribution in [3.8, 4) is 0 Å².